The quantitative estimate of drug-likeness (QED) is 0.677. The average Bonchev–Trinajstić information content (AvgIpc) is 2.63. The molecule has 2 aliphatic rings. The van der Waals surface area contributed by atoms with E-state index < -0.39 is 0 Å². The minimum absolute atomic E-state index is 0.222. The van der Waals surface area contributed by atoms with E-state index in [0.29, 0.717) is 25.6 Å². The van der Waals surface area contributed by atoms with Crippen molar-refractivity contribution in [3.8, 4) is 0 Å². The Kier molecular flexibility index (Phi) is 2.26. The lowest BCUT2D eigenvalue weighted by molar-refractivity contribution is -0.152. The highest BCUT2D eigenvalue weighted by molar-refractivity contribution is 5.74. The molecule has 2 rings (SSSR count). The van der Waals surface area contributed by atoms with E-state index in [1.807, 2.05) is 0 Å². The van der Waals surface area contributed by atoms with Gasteiger partial charge in [0.05, 0.1) is 13.2 Å². The fourth-order valence-electron chi connectivity index (χ4n) is 2.29. The highest BCUT2D eigenvalue weighted by atomic mass is 16.7. The molecule has 0 unspecified atom stereocenters. The number of rotatable bonds is 2. The molecule has 0 aromatic heterocycles. The fourth-order valence-corrected chi connectivity index (χ4v) is 2.29. The monoisotopic (exact) mass is 185 g/mol. The maximum absolute atomic E-state index is 10.7. The number of ether oxygens (including phenoxy) is 2. The second kappa shape index (κ2) is 3.27. The Morgan fingerprint density at radius 3 is 2.77 bits per heavy atom. The molecule has 0 bridgehead atoms. The Bertz CT molecular complexity index is 211. The topological polar surface area (TPSA) is 61.6 Å². The highest BCUT2D eigenvalue weighted by Crippen LogP contribution is 2.41. The Morgan fingerprint density at radius 1 is 1.46 bits per heavy atom. The average molecular weight is 185 g/mol. The van der Waals surface area contributed by atoms with Crippen LogP contribution >= 0.6 is 0 Å². The van der Waals surface area contributed by atoms with E-state index in [1.165, 1.54) is 0 Å². The van der Waals surface area contributed by atoms with E-state index in [9.17, 15) is 4.79 Å². The van der Waals surface area contributed by atoms with E-state index in [0.717, 1.165) is 19.3 Å². The molecule has 1 saturated carbocycles. The highest BCUT2D eigenvalue weighted by Gasteiger charge is 2.44. The fraction of sp³-hybridized carbons (Fsp3) is 0.889. The first kappa shape index (κ1) is 8.97. The normalized spacial score (nSPS) is 31.2. The first-order chi connectivity index (χ1) is 6.20. The molecule has 1 heterocycles. The van der Waals surface area contributed by atoms with Crippen LogP contribution in [0.5, 0.6) is 0 Å². The summed E-state index contributed by atoms with van der Waals surface area (Å²) in [6.45, 7) is 1.37. The van der Waals surface area contributed by atoms with Crippen LogP contribution < -0.4 is 5.73 Å². The summed E-state index contributed by atoms with van der Waals surface area (Å²) >= 11 is 0. The molecule has 1 atom stereocenters. The molecule has 1 spiro atoms. The van der Waals surface area contributed by atoms with E-state index in [1.54, 1.807) is 0 Å². The van der Waals surface area contributed by atoms with Gasteiger partial charge in [0.1, 0.15) is 0 Å². The molecule has 1 aliphatic heterocycles. The molecule has 1 amide bonds. The van der Waals surface area contributed by atoms with Gasteiger partial charge < -0.3 is 15.2 Å². The summed E-state index contributed by atoms with van der Waals surface area (Å²) in [6.07, 6.45) is 3.19. The number of carbonyl (C=O) groups excluding carboxylic acids is 1. The SMILES string of the molecule is NC(=O)C[C@H]1CCC2(C1)OCCO2. The number of hydrogen-bond acceptors (Lipinski definition) is 3. The van der Waals surface area contributed by atoms with E-state index in [4.69, 9.17) is 15.2 Å². The predicted molar refractivity (Wildman–Crippen MR) is 45.8 cm³/mol. The van der Waals surface area contributed by atoms with Crippen LogP contribution in [0.3, 0.4) is 0 Å². The minimum Gasteiger partial charge on any atom is -0.370 e. The molecule has 13 heavy (non-hydrogen) atoms. The molecular formula is C9H15NO3. The van der Waals surface area contributed by atoms with E-state index >= 15 is 0 Å². The van der Waals surface area contributed by atoms with Gasteiger partial charge in [-0.2, -0.15) is 0 Å². The minimum atomic E-state index is -0.361. The molecule has 1 saturated heterocycles. The molecule has 2 N–H and O–H groups in total. The van der Waals surface area contributed by atoms with Gasteiger partial charge in [-0.25, -0.2) is 0 Å². The van der Waals surface area contributed by atoms with Crippen LogP contribution in [-0.4, -0.2) is 24.9 Å². The largest absolute Gasteiger partial charge is 0.370 e. The Labute approximate surface area is 77.4 Å². The van der Waals surface area contributed by atoms with Crippen LogP contribution in [0.1, 0.15) is 25.7 Å². The number of amides is 1. The zero-order chi connectivity index (χ0) is 9.31. The number of primary amides is 1. The van der Waals surface area contributed by atoms with E-state index in [-0.39, 0.29) is 11.7 Å². The van der Waals surface area contributed by atoms with Gasteiger partial charge in [0.15, 0.2) is 5.79 Å². The number of carbonyl (C=O) groups is 1. The van der Waals surface area contributed by atoms with Gasteiger partial charge in [-0.3, -0.25) is 4.79 Å². The van der Waals surface area contributed by atoms with Crippen molar-refractivity contribution in [2.75, 3.05) is 13.2 Å². The summed E-state index contributed by atoms with van der Waals surface area (Å²) < 4.78 is 11.1. The third-order valence-corrected chi connectivity index (χ3v) is 2.84. The van der Waals surface area contributed by atoms with Crippen molar-refractivity contribution >= 4 is 5.91 Å². The van der Waals surface area contributed by atoms with Crippen molar-refractivity contribution in [1.82, 2.24) is 0 Å². The lowest BCUT2D eigenvalue weighted by Gasteiger charge is -2.21. The molecule has 1 aliphatic carbocycles. The summed E-state index contributed by atoms with van der Waals surface area (Å²) in [5, 5.41) is 0. The predicted octanol–water partition coefficient (Wildman–Crippen LogP) is 0.405. The number of nitrogens with two attached hydrogens (primary N) is 1. The van der Waals surface area contributed by atoms with Crippen LogP contribution in [0.25, 0.3) is 0 Å². The van der Waals surface area contributed by atoms with Crippen molar-refractivity contribution < 1.29 is 14.3 Å². The van der Waals surface area contributed by atoms with Gasteiger partial charge >= 0.3 is 0 Å². The standard InChI is InChI=1S/C9H15NO3/c10-8(11)5-7-1-2-9(6-7)12-3-4-13-9/h7H,1-6H2,(H2,10,11)/t7-/m1/s1. The van der Waals surface area contributed by atoms with Crippen LogP contribution in [0.4, 0.5) is 0 Å². The third-order valence-electron chi connectivity index (χ3n) is 2.84. The van der Waals surface area contributed by atoms with Crippen molar-refractivity contribution in [3.05, 3.63) is 0 Å². The van der Waals surface area contributed by atoms with Crippen molar-refractivity contribution in [3.63, 3.8) is 0 Å². The van der Waals surface area contributed by atoms with Crippen LogP contribution in [-0.2, 0) is 14.3 Å². The van der Waals surface area contributed by atoms with Crippen LogP contribution in [0, 0.1) is 5.92 Å². The van der Waals surface area contributed by atoms with Crippen molar-refractivity contribution in [1.29, 1.82) is 0 Å². The summed E-state index contributed by atoms with van der Waals surface area (Å²) in [4.78, 5) is 10.7. The van der Waals surface area contributed by atoms with E-state index in [2.05, 4.69) is 0 Å². The molecule has 74 valence electrons. The van der Waals surface area contributed by atoms with Gasteiger partial charge in [0, 0.05) is 19.3 Å². The van der Waals surface area contributed by atoms with Crippen molar-refractivity contribution in [2.45, 2.75) is 31.5 Å². The van der Waals surface area contributed by atoms with Crippen molar-refractivity contribution in [2.24, 2.45) is 11.7 Å². The second-order valence-corrected chi connectivity index (χ2v) is 3.89. The van der Waals surface area contributed by atoms with Gasteiger partial charge in [0.25, 0.3) is 0 Å². The first-order valence-electron chi connectivity index (χ1n) is 4.76. The molecule has 0 radical (unpaired) electrons. The number of hydrogen-bond donors (Lipinski definition) is 1. The van der Waals surface area contributed by atoms with Crippen LogP contribution in [0.15, 0.2) is 0 Å². The van der Waals surface area contributed by atoms with Gasteiger partial charge in [-0.05, 0) is 12.3 Å². The molecule has 4 nitrogen and oxygen atoms in total. The molecular weight excluding hydrogens is 170 g/mol. The van der Waals surface area contributed by atoms with Gasteiger partial charge in [-0.15, -0.1) is 0 Å². The summed E-state index contributed by atoms with van der Waals surface area (Å²) in [7, 11) is 0. The summed E-state index contributed by atoms with van der Waals surface area (Å²) in [5.74, 6) is -0.226. The second-order valence-electron chi connectivity index (χ2n) is 3.89. The molecule has 0 aromatic rings. The zero-order valence-electron chi connectivity index (χ0n) is 7.62. The first-order valence-corrected chi connectivity index (χ1v) is 4.76. The molecule has 0 aromatic carbocycles. The Hall–Kier alpha value is -0.610. The third kappa shape index (κ3) is 1.84. The molecule has 4 heteroatoms. The Morgan fingerprint density at radius 2 is 2.15 bits per heavy atom. The zero-order valence-corrected chi connectivity index (χ0v) is 7.62. The Balaban J connectivity index is 1.89. The molecule has 2 fully saturated rings. The maximum atomic E-state index is 10.7. The lowest BCUT2D eigenvalue weighted by atomic mass is 10.0. The summed E-state index contributed by atoms with van der Waals surface area (Å²) in [6, 6.07) is 0. The maximum Gasteiger partial charge on any atom is 0.217 e. The lowest BCUT2D eigenvalue weighted by Crippen LogP contribution is -2.26. The van der Waals surface area contributed by atoms with Gasteiger partial charge in [0.2, 0.25) is 5.91 Å². The van der Waals surface area contributed by atoms with Gasteiger partial charge in [-0.1, -0.05) is 0 Å². The summed E-state index contributed by atoms with van der Waals surface area (Å²) in [5.41, 5.74) is 5.14. The van der Waals surface area contributed by atoms with Crippen LogP contribution in [0.2, 0.25) is 0 Å². The smallest absolute Gasteiger partial charge is 0.217 e.